The Morgan fingerprint density at radius 2 is 1.80 bits per heavy atom. The Morgan fingerprint density at radius 1 is 1.10 bits per heavy atom. The molecule has 1 aliphatic heterocycles. The van der Waals surface area contributed by atoms with E-state index >= 15 is 0 Å². The van der Waals surface area contributed by atoms with Crippen LogP contribution < -0.4 is 15.0 Å². The average Bonchev–Trinajstić information content (AvgIpc) is 3.30. The molecule has 0 saturated carbocycles. The van der Waals surface area contributed by atoms with Gasteiger partial charge in [0.1, 0.15) is 5.75 Å². The number of hydrogen-bond donors (Lipinski definition) is 1. The van der Waals surface area contributed by atoms with Crippen LogP contribution in [0.5, 0.6) is 5.75 Å². The van der Waals surface area contributed by atoms with Gasteiger partial charge in [-0.1, -0.05) is 35.4 Å². The lowest BCUT2D eigenvalue weighted by Gasteiger charge is -2.30. The molecule has 1 fully saturated rings. The number of carbonyl (C=O) groups excluding carboxylic acids is 1. The van der Waals surface area contributed by atoms with E-state index in [1.54, 1.807) is 7.11 Å². The van der Waals surface area contributed by atoms with Crippen LogP contribution in [0.4, 0.5) is 6.01 Å². The number of amides is 1. The molecule has 2 aromatic carbocycles. The van der Waals surface area contributed by atoms with Crippen molar-refractivity contribution in [3.8, 4) is 17.2 Å². The first-order valence-electron chi connectivity index (χ1n) is 10.2. The van der Waals surface area contributed by atoms with Gasteiger partial charge in [-0.05, 0) is 49.6 Å². The van der Waals surface area contributed by atoms with Gasteiger partial charge in [-0.25, -0.2) is 0 Å². The molecule has 1 saturated heterocycles. The summed E-state index contributed by atoms with van der Waals surface area (Å²) in [6.07, 6.45) is 1.51. The number of nitrogens with zero attached hydrogens (tertiary/aromatic N) is 3. The molecule has 0 spiro atoms. The van der Waals surface area contributed by atoms with Crippen molar-refractivity contribution in [1.82, 2.24) is 15.5 Å². The zero-order chi connectivity index (χ0) is 20.9. The number of anilines is 1. The number of methoxy groups -OCH3 is 1. The lowest BCUT2D eigenvalue weighted by Crippen LogP contribution is -2.41. The summed E-state index contributed by atoms with van der Waals surface area (Å²) in [7, 11) is 1.64. The normalized spacial score (nSPS) is 15.6. The summed E-state index contributed by atoms with van der Waals surface area (Å²) >= 11 is 0. The fraction of sp³-hybridized carbons (Fsp3) is 0.348. The van der Waals surface area contributed by atoms with Gasteiger partial charge in [0.2, 0.25) is 11.8 Å². The van der Waals surface area contributed by atoms with Crippen LogP contribution in [0.3, 0.4) is 0 Å². The average molecular weight is 406 g/mol. The van der Waals surface area contributed by atoms with Crippen molar-refractivity contribution in [3.05, 3.63) is 60.2 Å². The molecule has 7 nitrogen and oxygen atoms in total. The summed E-state index contributed by atoms with van der Waals surface area (Å²) < 4.78 is 11.0. The zero-order valence-electron chi connectivity index (χ0n) is 17.2. The topological polar surface area (TPSA) is 80.5 Å². The molecular weight excluding hydrogens is 380 g/mol. The first-order valence-corrected chi connectivity index (χ1v) is 10.2. The van der Waals surface area contributed by atoms with Crippen molar-refractivity contribution in [2.24, 2.45) is 5.92 Å². The third-order valence-electron chi connectivity index (χ3n) is 5.55. The van der Waals surface area contributed by atoms with Crippen molar-refractivity contribution in [3.63, 3.8) is 0 Å². The molecule has 4 rings (SSSR count). The quantitative estimate of drug-likeness (QED) is 0.670. The standard InChI is InChI=1S/C23H26N4O3/c1-16(17-8-10-20(29-2)11-9-17)24-21(28)18-12-14-27(15-13-18)23-26-25-22(30-23)19-6-4-3-5-7-19/h3-11,16,18H,12-15H2,1-2H3,(H,24,28)/t16-/m1/s1. The van der Waals surface area contributed by atoms with E-state index in [4.69, 9.17) is 9.15 Å². The van der Waals surface area contributed by atoms with Crippen LogP contribution in [0.2, 0.25) is 0 Å². The smallest absolute Gasteiger partial charge is 0.318 e. The molecule has 156 valence electrons. The predicted octanol–water partition coefficient (Wildman–Crippen LogP) is 3.84. The van der Waals surface area contributed by atoms with Crippen molar-refractivity contribution in [1.29, 1.82) is 0 Å². The fourth-order valence-corrected chi connectivity index (χ4v) is 3.68. The van der Waals surface area contributed by atoms with Gasteiger partial charge in [0.25, 0.3) is 0 Å². The Kier molecular flexibility index (Phi) is 5.97. The second kappa shape index (κ2) is 8.98. The molecule has 1 aromatic heterocycles. The second-order valence-electron chi connectivity index (χ2n) is 7.52. The van der Waals surface area contributed by atoms with E-state index < -0.39 is 0 Å². The molecule has 1 atom stereocenters. The zero-order valence-corrected chi connectivity index (χ0v) is 17.2. The van der Waals surface area contributed by atoms with Crippen LogP contribution in [-0.4, -0.2) is 36.3 Å². The van der Waals surface area contributed by atoms with Crippen molar-refractivity contribution in [2.75, 3.05) is 25.1 Å². The first kappa shape index (κ1) is 19.9. The summed E-state index contributed by atoms with van der Waals surface area (Å²) in [5.41, 5.74) is 1.96. The summed E-state index contributed by atoms with van der Waals surface area (Å²) in [4.78, 5) is 14.8. The van der Waals surface area contributed by atoms with Gasteiger partial charge in [-0.15, -0.1) is 5.10 Å². The Hall–Kier alpha value is -3.35. The van der Waals surface area contributed by atoms with E-state index in [0.717, 1.165) is 29.7 Å². The van der Waals surface area contributed by atoms with E-state index in [9.17, 15) is 4.79 Å². The maximum atomic E-state index is 12.7. The number of hydrogen-bond acceptors (Lipinski definition) is 6. The van der Waals surface area contributed by atoms with Gasteiger partial charge < -0.3 is 19.4 Å². The summed E-state index contributed by atoms with van der Waals surface area (Å²) in [5.74, 6) is 1.40. The minimum absolute atomic E-state index is 0.0153. The van der Waals surface area contributed by atoms with E-state index in [1.165, 1.54) is 0 Å². The maximum absolute atomic E-state index is 12.7. The number of carbonyl (C=O) groups is 1. The molecule has 0 aliphatic carbocycles. The fourth-order valence-electron chi connectivity index (χ4n) is 3.68. The molecule has 2 heterocycles. The lowest BCUT2D eigenvalue weighted by molar-refractivity contribution is -0.126. The highest BCUT2D eigenvalue weighted by atomic mass is 16.5. The third-order valence-corrected chi connectivity index (χ3v) is 5.55. The monoisotopic (exact) mass is 406 g/mol. The van der Waals surface area contributed by atoms with E-state index in [2.05, 4.69) is 20.4 Å². The first-order chi connectivity index (χ1) is 14.6. The maximum Gasteiger partial charge on any atom is 0.318 e. The van der Waals surface area contributed by atoms with Crippen molar-refractivity contribution in [2.45, 2.75) is 25.8 Å². The van der Waals surface area contributed by atoms with Gasteiger partial charge in [-0.2, -0.15) is 0 Å². The van der Waals surface area contributed by atoms with Crippen LogP contribution in [0.1, 0.15) is 31.4 Å². The van der Waals surface area contributed by atoms with E-state index in [1.807, 2.05) is 61.5 Å². The summed E-state index contributed by atoms with van der Waals surface area (Å²) in [6, 6.07) is 18.0. The molecule has 0 unspecified atom stereocenters. The van der Waals surface area contributed by atoms with E-state index in [-0.39, 0.29) is 17.9 Å². The van der Waals surface area contributed by atoms with Crippen LogP contribution >= 0.6 is 0 Å². The predicted molar refractivity (Wildman–Crippen MR) is 114 cm³/mol. The highest BCUT2D eigenvalue weighted by Crippen LogP contribution is 2.26. The molecule has 1 aliphatic rings. The van der Waals surface area contributed by atoms with Crippen LogP contribution in [0.25, 0.3) is 11.5 Å². The van der Waals surface area contributed by atoms with Gasteiger partial charge in [-0.3, -0.25) is 4.79 Å². The minimum atomic E-state index is -0.0502. The Labute approximate surface area is 176 Å². The number of aromatic nitrogens is 2. The number of rotatable bonds is 6. The highest BCUT2D eigenvalue weighted by Gasteiger charge is 2.28. The van der Waals surface area contributed by atoms with Crippen LogP contribution in [0, 0.1) is 5.92 Å². The summed E-state index contributed by atoms with van der Waals surface area (Å²) in [5, 5.41) is 11.5. The SMILES string of the molecule is COc1ccc([C@@H](C)NC(=O)C2CCN(c3nnc(-c4ccccc4)o3)CC2)cc1. The molecule has 0 bridgehead atoms. The highest BCUT2D eigenvalue weighted by molar-refractivity contribution is 5.79. The van der Waals surface area contributed by atoms with Crippen LogP contribution in [-0.2, 0) is 4.79 Å². The third kappa shape index (κ3) is 4.45. The van der Waals surface area contributed by atoms with Crippen molar-refractivity contribution >= 4 is 11.9 Å². The molecular formula is C23H26N4O3. The van der Waals surface area contributed by atoms with E-state index in [0.29, 0.717) is 25.0 Å². The largest absolute Gasteiger partial charge is 0.497 e. The van der Waals surface area contributed by atoms with Crippen molar-refractivity contribution < 1.29 is 13.9 Å². The Bertz CT molecular complexity index is 964. The minimum Gasteiger partial charge on any atom is -0.497 e. The lowest BCUT2D eigenvalue weighted by atomic mass is 9.95. The van der Waals surface area contributed by atoms with Gasteiger partial charge in [0, 0.05) is 24.6 Å². The van der Waals surface area contributed by atoms with Gasteiger partial charge in [0.15, 0.2) is 0 Å². The van der Waals surface area contributed by atoms with Gasteiger partial charge in [0.05, 0.1) is 13.2 Å². The number of nitrogens with one attached hydrogen (secondary N) is 1. The Morgan fingerprint density at radius 3 is 2.47 bits per heavy atom. The molecule has 30 heavy (non-hydrogen) atoms. The molecule has 3 aromatic rings. The molecule has 7 heteroatoms. The van der Waals surface area contributed by atoms with Gasteiger partial charge >= 0.3 is 6.01 Å². The molecule has 1 N–H and O–H groups in total. The van der Waals surface area contributed by atoms with Crippen LogP contribution in [0.15, 0.2) is 59.0 Å². The number of ether oxygens (including phenoxy) is 1. The Balaban J connectivity index is 1.30. The second-order valence-corrected chi connectivity index (χ2v) is 7.52. The molecule has 0 radical (unpaired) electrons. The summed E-state index contributed by atoms with van der Waals surface area (Å²) in [6.45, 7) is 3.43. The number of benzene rings is 2. The number of piperidine rings is 1. The molecule has 1 amide bonds.